The maximum Gasteiger partial charge on any atom is 0.330 e. The quantitative estimate of drug-likeness (QED) is 0.322. The van der Waals surface area contributed by atoms with Crippen molar-refractivity contribution in [2.24, 2.45) is 14.1 Å². The van der Waals surface area contributed by atoms with E-state index >= 15 is 0 Å². The molecule has 0 radical (unpaired) electrons. The number of ether oxygens (including phenoxy) is 1. The fourth-order valence-corrected chi connectivity index (χ4v) is 6.86. The molecule has 10 nitrogen and oxygen atoms in total. The molecule has 0 saturated carbocycles. The van der Waals surface area contributed by atoms with Gasteiger partial charge in [-0.15, -0.1) is 0 Å². The van der Waals surface area contributed by atoms with Crippen LogP contribution in [0.3, 0.4) is 0 Å². The maximum absolute atomic E-state index is 13.1. The summed E-state index contributed by atoms with van der Waals surface area (Å²) in [4.78, 5) is 44.9. The molecule has 2 N–H and O–H groups in total. The number of amides is 1. The van der Waals surface area contributed by atoms with Gasteiger partial charge in [-0.2, -0.15) is 0 Å². The Labute approximate surface area is 263 Å². The van der Waals surface area contributed by atoms with Gasteiger partial charge in [-0.25, -0.2) is 9.78 Å². The van der Waals surface area contributed by atoms with E-state index in [-0.39, 0.29) is 22.3 Å². The number of hydrogen-bond donors (Lipinski definition) is 2. The number of rotatable bonds is 6. The van der Waals surface area contributed by atoms with Crippen molar-refractivity contribution in [3.8, 4) is 28.3 Å². The topological polar surface area (TPSA) is 119 Å². The SMILES string of the molecule is COc1nc(-c2cccc(-c3cccc(NC(=O)c4cn(C)c(=O)n(C)c4=O)c3Cl)c2Cl)cc2c1[C@@H](N1CCCC1)[C@H](O)C2. The van der Waals surface area contributed by atoms with Gasteiger partial charge in [0.25, 0.3) is 11.5 Å². The molecule has 1 aliphatic carbocycles. The zero-order valence-electron chi connectivity index (χ0n) is 24.4. The Morgan fingerprint density at radius 2 is 1.68 bits per heavy atom. The number of methoxy groups -OCH3 is 1. The van der Waals surface area contributed by atoms with Crippen LogP contribution in [0.1, 0.15) is 40.4 Å². The van der Waals surface area contributed by atoms with Gasteiger partial charge in [-0.05, 0) is 43.6 Å². The molecule has 0 spiro atoms. The summed E-state index contributed by atoms with van der Waals surface area (Å²) in [5, 5.41) is 14.3. The van der Waals surface area contributed by atoms with Crippen molar-refractivity contribution in [1.29, 1.82) is 0 Å². The van der Waals surface area contributed by atoms with Crippen LogP contribution >= 0.6 is 23.2 Å². The minimum Gasteiger partial charge on any atom is -0.481 e. The molecular weight excluding hydrogens is 605 g/mol. The van der Waals surface area contributed by atoms with Crippen LogP contribution in [0.25, 0.3) is 22.4 Å². The number of nitrogens with zero attached hydrogens (tertiary/aromatic N) is 4. The van der Waals surface area contributed by atoms with Crippen molar-refractivity contribution in [2.45, 2.75) is 31.4 Å². The van der Waals surface area contributed by atoms with Crippen molar-refractivity contribution in [3.05, 3.63) is 96.2 Å². The zero-order chi connectivity index (χ0) is 31.3. The minimum atomic E-state index is -0.717. The molecule has 2 atom stereocenters. The fraction of sp³-hybridized carbons (Fsp3) is 0.312. The number of nitrogens with one attached hydrogen (secondary N) is 1. The molecule has 12 heteroatoms. The Morgan fingerprint density at radius 3 is 2.39 bits per heavy atom. The third kappa shape index (κ3) is 5.11. The average Bonchev–Trinajstić information content (AvgIpc) is 3.65. The molecule has 2 aromatic carbocycles. The van der Waals surface area contributed by atoms with Crippen LogP contribution in [0, 0.1) is 0 Å². The lowest BCUT2D eigenvalue weighted by Crippen LogP contribution is -2.40. The van der Waals surface area contributed by atoms with Gasteiger partial charge in [0.05, 0.1) is 40.7 Å². The number of aromatic nitrogens is 3. The van der Waals surface area contributed by atoms with Crippen molar-refractivity contribution in [1.82, 2.24) is 19.0 Å². The molecule has 228 valence electrons. The molecule has 0 bridgehead atoms. The van der Waals surface area contributed by atoms with E-state index in [0.717, 1.165) is 46.2 Å². The molecular formula is C32H31Cl2N5O5. The number of anilines is 1. The molecule has 4 aromatic rings. The van der Waals surface area contributed by atoms with Gasteiger partial charge in [0.2, 0.25) is 5.88 Å². The number of hydrogen-bond acceptors (Lipinski definition) is 7. The molecule has 1 aliphatic heterocycles. The van der Waals surface area contributed by atoms with Gasteiger partial charge in [-0.1, -0.05) is 53.5 Å². The molecule has 2 aromatic heterocycles. The largest absolute Gasteiger partial charge is 0.481 e. The van der Waals surface area contributed by atoms with Gasteiger partial charge in [0.15, 0.2) is 0 Å². The van der Waals surface area contributed by atoms with Crippen LogP contribution in [-0.2, 0) is 20.5 Å². The van der Waals surface area contributed by atoms with Gasteiger partial charge < -0.3 is 19.7 Å². The van der Waals surface area contributed by atoms with E-state index in [1.807, 2.05) is 24.3 Å². The predicted octanol–water partition coefficient (Wildman–Crippen LogP) is 4.43. The van der Waals surface area contributed by atoms with E-state index in [2.05, 4.69) is 10.2 Å². The second-order valence-electron chi connectivity index (χ2n) is 11.1. The first-order valence-electron chi connectivity index (χ1n) is 14.3. The number of carbonyl (C=O) groups is 1. The van der Waals surface area contributed by atoms with Crippen molar-refractivity contribution in [3.63, 3.8) is 0 Å². The zero-order valence-corrected chi connectivity index (χ0v) is 25.9. The highest BCUT2D eigenvalue weighted by Crippen LogP contribution is 2.46. The first kappa shape index (κ1) is 30.1. The van der Waals surface area contributed by atoms with Crippen molar-refractivity contribution in [2.75, 3.05) is 25.5 Å². The van der Waals surface area contributed by atoms with E-state index in [0.29, 0.717) is 39.7 Å². The van der Waals surface area contributed by atoms with Gasteiger partial charge in [0, 0.05) is 49.0 Å². The van der Waals surface area contributed by atoms with Crippen molar-refractivity contribution >= 4 is 34.8 Å². The molecule has 1 amide bonds. The van der Waals surface area contributed by atoms with E-state index in [4.69, 9.17) is 32.9 Å². The van der Waals surface area contributed by atoms with Crippen LogP contribution < -0.4 is 21.3 Å². The number of fused-ring (bicyclic) bond motifs is 1. The van der Waals surface area contributed by atoms with E-state index in [1.54, 1.807) is 25.3 Å². The normalized spacial score (nSPS) is 18.0. The van der Waals surface area contributed by atoms with Crippen LogP contribution in [0.5, 0.6) is 5.88 Å². The Balaban J connectivity index is 1.36. The molecule has 3 heterocycles. The molecule has 1 saturated heterocycles. The molecule has 1 fully saturated rings. The number of aryl methyl sites for hydroxylation is 1. The third-order valence-electron chi connectivity index (χ3n) is 8.43. The summed E-state index contributed by atoms with van der Waals surface area (Å²) in [6.45, 7) is 1.86. The van der Waals surface area contributed by atoms with Crippen LogP contribution in [-0.4, -0.2) is 56.3 Å². The Kier molecular flexibility index (Phi) is 8.10. The van der Waals surface area contributed by atoms with E-state index < -0.39 is 23.3 Å². The monoisotopic (exact) mass is 635 g/mol. The summed E-state index contributed by atoms with van der Waals surface area (Å²) in [5.41, 5.74) is 3.14. The molecule has 44 heavy (non-hydrogen) atoms. The number of aliphatic hydroxyl groups excluding tert-OH is 1. The Hall–Kier alpha value is -3.96. The lowest BCUT2D eigenvalue weighted by molar-refractivity contribution is 0.0739. The smallest absolute Gasteiger partial charge is 0.330 e. The summed E-state index contributed by atoms with van der Waals surface area (Å²) in [5.74, 6) is -0.233. The second kappa shape index (κ2) is 11.9. The Bertz CT molecular complexity index is 1910. The highest BCUT2D eigenvalue weighted by molar-refractivity contribution is 6.39. The summed E-state index contributed by atoms with van der Waals surface area (Å²) in [6.07, 6.45) is 3.35. The first-order valence-corrected chi connectivity index (χ1v) is 15.0. The number of halogens is 2. The number of pyridine rings is 1. The van der Waals surface area contributed by atoms with Crippen molar-refractivity contribution < 1.29 is 14.6 Å². The Morgan fingerprint density at radius 1 is 1.02 bits per heavy atom. The number of carbonyl (C=O) groups excluding carboxylic acids is 1. The summed E-state index contributed by atoms with van der Waals surface area (Å²) >= 11 is 13.8. The molecule has 0 unspecified atom stereocenters. The fourth-order valence-electron chi connectivity index (χ4n) is 6.26. The maximum atomic E-state index is 13.1. The lowest BCUT2D eigenvalue weighted by Gasteiger charge is -2.27. The minimum absolute atomic E-state index is 0.150. The first-order chi connectivity index (χ1) is 21.1. The van der Waals surface area contributed by atoms with Crippen LogP contribution in [0.15, 0.2) is 58.3 Å². The number of likely N-dealkylation sites (tertiary alicyclic amines) is 1. The molecule has 6 rings (SSSR count). The standard InChI is InChI=1S/C32H31Cl2N5O5/c1-37-16-21(31(42)38(2)32(37)43)29(41)35-22-11-7-9-19(27(22)34)18-8-6-10-20(26(18)33)23-14-17-15-24(40)28(39-12-4-5-13-39)25(17)30(36-23)44-3/h6-11,14,16,24,28,40H,4-5,12-13,15H2,1-3H3,(H,35,41)/t24-,28+/m1/s1. The predicted molar refractivity (Wildman–Crippen MR) is 170 cm³/mol. The lowest BCUT2D eigenvalue weighted by atomic mass is 9.99. The summed E-state index contributed by atoms with van der Waals surface area (Å²) < 4.78 is 7.78. The number of benzene rings is 2. The second-order valence-corrected chi connectivity index (χ2v) is 11.9. The van der Waals surface area contributed by atoms with Gasteiger partial charge in [-0.3, -0.25) is 19.1 Å². The van der Waals surface area contributed by atoms with Crippen LogP contribution in [0.2, 0.25) is 10.0 Å². The highest BCUT2D eigenvalue weighted by Gasteiger charge is 2.40. The van der Waals surface area contributed by atoms with E-state index in [1.165, 1.54) is 20.3 Å². The molecule has 2 aliphatic rings. The van der Waals surface area contributed by atoms with Crippen LogP contribution in [0.4, 0.5) is 5.69 Å². The third-order valence-corrected chi connectivity index (χ3v) is 9.24. The van der Waals surface area contributed by atoms with E-state index in [9.17, 15) is 19.5 Å². The van der Waals surface area contributed by atoms with Gasteiger partial charge in [0.1, 0.15) is 5.56 Å². The average molecular weight is 637 g/mol. The number of aliphatic hydroxyl groups is 1. The van der Waals surface area contributed by atoms with Gasteiger partial charge >= 0.3 is 5.69 Å². The summed E-state index contributed by atoms with van der Waals surface area (Å²) in [6, 6.07) is 12.4. The summed E-state index contributed by atoms with van der Waals surface area (Å²) in [7, 11) is 4.35. The highest BCUT2D eigenvalue weighted by atomic mass is 35.5.